The van der Waals surface area contributed by atoms with Crippen molar-refractivity contribution in [3.8, 4) is 11.5 Å². The monoisotopic (exact) mass is 397 g/mol. The summed E-state index contributed by atoms with van der Waals surface area (Å²) in [6, 6.07) is 12.8. The van der Waals surface area contributed by atoms with Crippen LogP contribution in [-0.4, -0.2) is 31.6 Å². The van der Waals surface area contributed by atoms with Crippen molar-refractivity contribution < 1.29 is 14.3 Å². The van der Waals surface area contributed by atoms with Crippen molar-refractivity contribution in [2.45, 2.75) is 6.54 Å². The summed E-state index contributed by atoms with van der Waals surface area (Å²) >= 11 is 9.39. The van der Waals surface area contributed by atoms with Crippen LogP contribution in [-0.2, 0) is 11.3 Å². The van der Waals surface area contributed by atoms with Crippen LogP contribution in [0.15, 0.2) is 46.9 Å². The highest BCUT2D eigenvalue weighted by Crippen LogP contribution is 2.28. The molecule has 2 rings (SSSR count). The van der Waals surface area contributed by atoms with Gasteiger partial charge in [0.15, 0.2) is 6.61 Å². The van der Waals surface area contributed by atoms with Crippen molar-refractivity contribution in [2.24, 2.45) is 0 Å². The van der Waals surface area contributed by atoms with Crippen LogP contribution in [0.4, 0.5) is 0 Å². The van der Waals surface area contributed by atoms with E-state index >= 15 is 0 Å². The minimum absolute atomic E-state index is 0.0815. The maximum atomic E-state index is 12.2. The first-order valence-electron chi connectivity index (χ1n) is 6.95. The lowest BCUT2D eigenvalue weighted by atomic mass is 10.2. The minimum atomic E-state index is -0.146. The molecule has 0 atom stereocenters. The molecule has 2 aromatic carbocycles. The van der Waals surface area contributed by atoms with E-state index in [4.69, 9.17) is 21.1 Å². The third-order valence-electron chi connectivity index (χ3n) is 3.27. The van der Waals surface area contributed by atoms with Crippen molar-refractivity contribution in [1.82, 2.24) is 4.90 Å². The smallest absolute Gasteiger partial charge is 0.260 e. The fourth-order valence-corrected chi connectivity index (χ4v) is 2.53. The van der Waals surface area contributed by atoms with Crippen LogP contribution < -0.4 is 9.47 Å². The Morgan fingerprint density at radius 3 is 2.70 bits per heavy atom. The molecule has 0 fully saturated rings. The molecule has 0 saturated carbocycles. The fourth-order valence-electron chi connectivity index (χ4n) is 2.01. The Morgan fingerprint density at radius 1 is 1.22 bits per heavy atom. The van der Waals surface area contributed by atoms with Gasteiger partial charge >= 0.3 is 0 Å². The number of likely N-dealkylation sites (N-methyl/N-ethyl adjacent to an activating group) is 1. The van der Waals surface area contributed by atoms with Gasteiger partial charge in [0.05, 0.1) is 12.1 Å². The maximum Gasteiger partial charge on any atom is 0.260 e. The topological polar surface area (TPSA) is 38.8 Å². The highest BCUT2D eigenvalue weighted by atomic mass is 79.9. The van der Waals surface area contributed by atoms with Crippen LogP contribution in [0.3, 0.4) is 0 Å². The van der Waals surface area contributed by atoms with E-state index in [1.807, 2.05) is 30.3 Å². The second-order valence-electron chi connectivity index (χ2n) is 4.93. The lowest BCUT2D eigenvalue weighted by molar-refractivity contribution is -0.132. The van der Waals surface area contributed by atoms with Crippen LogP contribution in [0.2, 0.25) is 5.02 Å². The largest absolute Gasteiger partial charge is 0.496 e. The number of carbonyl (C=O) groups is 1. The average molecular weight is 399 g/mol. The first-order valence-corrected chi connectivity index (χ1v) is 8.12. The van der Waals surface area contributed by atoms with Crippen molar-refractivity contribution >= 4 is 33.4 Å². The van der Waals surface area contributed by atoms with Gasteiger partial charge in [0.25, 0.3) is 5.91 Å². The van der Waals surface area contributed by atoms with E-state index in [1.165, 1.54) is 0 Å². The molecule has 4 nitrogen and oxygen atoms in total. The van der Waals surface area contributed by atoms with E-state index in [2.05, 4.69) is 15.9 Å². The maximum absolute atomic E-state index is 12.2. The van der Waals surface area contributed by atoms with Gasteiger partial charge in [-0.3, -0.25) is 4.79 Å². The quantitative estimate of drug-likeness (QED) is 0.734. The van der Waals surface area contributed by atoms with Gasteiger partial charge in [-0.1, -0.05) is 45.7 Å². The van der Waals surface area contributed by atoms with E-state index < -0.39 is 0 Å². The molecule has 0 spiro atoms. The zero-order valence-electron chi connectivity index (χ0n) is 12.9. The first-order chi connectivity index (χ1) is 11.0. The Kier molecular flexibility index (Phi) is 6.30. The Balaban J connectivity index is 1.96. The number of hydrogen-bond donors (Lipinski definition) is 0. The van der Waals surface area contributed by atoms with E-state index in [-0.39, 0.29) is 12.5 Å². The summed E-state index contributed by atoms with van der Waals surface area (Å²) in [6.07, 6.45) is 0. The van der Waals surface area contributed by atoms with E-state index in [0.717, 1.165) is 15.8 Å². The van der Waals surface area contributed by atoms with Crippen molar-refractivity contribution in [3.05, 3.63) is 57.5 Å². The Morgan fingerprint density at radius 2 is 1.96 bits per heavy atom. The van der Waals surface area contributed by atoms with E-state index in [9.17, 15) is 4.79 Å². The number of ether oxygens (including phenoxy) is 2. The van der Waals surface area contributed by atoms with Gasteiger partial charge in [0.2, 0.25) is 0 Å². The summed E-state index contributed by atoms with van der Waals surface area (Å²) < 4.78 is 11.6. The number of nitrogens with zero attached hydrogens (tertiary/aromatic N) is 1. The number of halogens is 2. The summed E-state index contributed by atoms with van der Waals surface area (Å²) in [5, 5.41) is 0.466. The van der Waals surface area contributed by atoms with Gasteiger partial charge in [0.1, 0.15) is 11.5 Å². The van der Waals surface area contributed by atoms with Gasteiger partial charge in [-0.25, -0.2) is 0 Å². The zero-order chi connectivity index (χ0) is 16.8. The predicted molar refractivity (Wildman–Crippen MR) is 94.1 cm³/mol. The molecule has 0 heterocycles. The normalized spacial score (nSPS) is 10.3. The molecule has 0 aliphatic carbocycles. The second-order valence-corrected chi connectivity index (χ2v) is 6.25. The molecule has 122 valence electrons. The van der Waals surface area contributed by atoms with Gasteiger partial charge in [0, 0.05) is 23.6 Å². The standard InChI is InChI=1S/C17H17BrClNO3/c1-20(10-12-5-3-4-6-15(12)22-2)17(21)11-23-16-9-13(18)7-8-14(16)19/h3-9H,10-11H2,1-2H3. The molecule has 0 aliphatic heterocycles. The molecule has 0 aliphatic rings. The van der Waals surface area contributed by atoms with E-state index in [0.29, 0.717) is 17.3 Å². The minimum Gasteiger partial charge on any atom is -0.496 e. The Bertz CT molecular complexity index is 693. The van der Waals surface area contributed by atoms with Gasteiger partial charge < -0.3 is 14.4 Å². The third-order valence-corrected chi connectivity index (χ3v) is 4.08. The van der Waals surface area contributed by atoms with Crippen LogP contribution in [0.5, 0.6) is 11.5 Å². The first kappa shape index (κ1) is 17.6. The SMILES string of the molecule is COc1ccccc1CN(C)C(=O)COc1cc(Br)ccc1Cl. The van der Waals surface area contributed by atoms with Gasteiger partial charge in [-0.15, -0.1) is 0 Å². The molecule has 0 aromatic heterocycles. The molecule has 0 saturated heterocycles. The molecule has 0 bridgehead atoms. The number of benzene rings is 2. The molecular formula is C17H17BrClNO3. The summed E-state index contributed by atoms with van der Waals surface area (Å²) in [6.45, 7) is 0.361. The summed E-state index contributed by atoms with van der Waals surface area (Å²) in [5.74, 6) is 1.08. The van der Waals surface area contributed by atoms with E-state index in [1.54, 1.807) is 31.2 Å². The zero-order valence-corrected chi connectivity index (χ0v) is 15.2. The average Bonchev–Trinajstić information content (AvgIpc) is 2.55. The molecule has 0 radical (unpaired) electrons. The molecule has 0 N–H and O–H groups in total. The summed E-state index contributed by atoms with van der Waals surface area (Å²) in [7, 11) is 3.33. The van der Waals surface area contributed by atoms with Crippen molar-refractivity contribution in [2.75, 3.05) is 20.8 Å². The molecular weight excluding hydrogens is 382 g/mol. The Hall–Kier alpha value is -1.72. The number of amides is 1. The van der Waals surface area contributed by atoms with Crippen molar-refractivity contribution in [1.29, 1.82) is 0 Å². The fraction of sp³-hybridized carbons (Fsp3) is 0.235. The predicted octanol–water partition coefficient (Wildman–Crippen LogP) is 4.15. The summed E-state index contributed by atoms with van der Waals surface area (Å²) in [5.41, 5.74) is 0.936. The molecule has 1 amide bonds. The van der Waals surface area contributed by atoms with Crippen LogP contribution >= 0.6 is 27.5 Å². The number of para-hydroxylation sites is 1. The molecule has 0 unspecified atom stereocenters. The number of hydrogen-bond acceptors (Lipinski definition) is 3. The molecule has 23 heavy (non-hydrogen) atoms. The second kappa shape index (κ2) is 8.22. The van der Waals surface area contributed by atoms with Gasteiger partial charge in [-0.2, -0.15) is 0 Å². The van der Waals surface area contributed by atoms with Crippen LogP contribution in [0.1, 0.15) is 5.56 Å². The van der Waals surface area contributed by atoms with Crippen LogP contribution in [0.25, 0.3) is 0 Å². The van der Waals surface area contributed by atoms with Crippen LogP contribution in [0, 0.1) is 0 Å². The number of rotatable bonds is 6. The third kappa shape index (κ3) is 4.88. The lowest BCUT2D eigenvalue weighted by Crippen LogP contribution is -2.31. The number of methoxy groups -OCH3 is 1. The molecule has 6 heteroatoms. The highest BCUT2D eigenvalue weighted by molar-refractivity contribution is 9.10. The highest BCUT2D eigenvalue weighted by Gasteiger charge is 2.13. The van der Waals surface area contributed by atoms with Gasteiger partial charge in [-0.05, 0) is 24.3 Å². The molecule has 2 aromatic rings. The summed E-state index contributed by atoms with van der Waals surface area (Å²) in [4.78, 5) is 13.8. The van der Waals surface area contributed by atoms with Crippen molar-refractivity contribution in [3.63, 3.8) is 0 Å². The Labute approximate surface area is 149 Å². The lowest BCUT2D eigenvalue weighted by Gasteiger charge is -2.19. The number of carbonyl (C=O) groups excluding carboxylic acids is 1.